The number of aliphatic carboxylic acids is 1. The molecule has 2 N–H and O–H groups in total. The molecule has 5 nitrogen and oxygen atoms in total. The molecule has 0 saturated heterocycles. The molecule has 126 valence electrons. The number of ether oxygens (including phenoxy) is 1. The molecule has 1 amide bonds. The molecule has 0 heterocycles. The lowest BCUT2D eigenvalue weighted by Gasteiger charge is -2.15. The van der Waals surface area contributed by atoms with E-state index in [1.165, 1.54) is 0 Å². The van der Waals surface area contributed by atoms with Crippen molar-refractivity contribution in [2.45, 2.75) is 12.5 Å². The average Bonchev–Trinajstić information content (AvgIpc) is 2.57. The first-order valence-corrected chi connectivity index (χ1v) is 7.09. The van der Waals surface area contributed by atoms with Gasteiger partial charge in [-0.05, 0) is 23.8 Å². The number of carbonyl (C=O) groups excluding carboxylic acids is 1. The number of amides is 1. The molecule has 0 aromatic heterocycles. The Morgan fingerprint density at radius 3 is 2.50 bits per heavy atom. The number of hydrogen-bond acceptors (Lipinski definition) is 3. The zero-order valence-corrected chi connectivity index (χ0v) is 12.5. The highest BCUT2D eigenvalue weighted by Gasteiger charge is 2.24. The molecule has 7 heteroatoms. The standard InChI is InChI=1S/C17H15F2NO4/c18-12-6-7-15(19)13(8-12)14(16(21)22)9-20-17(23)24-10-11-4-2-1-3-5-11/h1-8,14H,9-10H2,(H,20,23)(H,21,22). The third-order valence-electron chi connectivity index (χ3n) is 3.29. The summed E-state index contributed by atoms with van der Waals surface area (Å²) < 4.78 is 31.8. The van der Waals surface area contributed by atoms with Crippen molar-refractivity contribution >= 4 is 12.1 Å². The van der Waals surface area contributed by atoms with Crippen LogP contribution in [0.2, 0.25) is 0 Å². The topological polar surface area (TPSA) is 75.6 Å². The van der Waals surface area contributed by atoms with Crippen LogP contribution in [-0.2, 0) is 16.1 Å². The first-order valence-electron chi connectivity index (χ1n) is 7.09. The Morgan fingerprint density at radius 1 is 1.12 bits per heavy atom. The van der Waals surface area contributed by atoms with E-state index >= 15 is 0 Å². The molecule has 0 aliphatic heterocycles. The van der Waals surface area contributed by atoms with Gasteiger partial charge < -0.3 is 15.2 Å². The largest absolute Gasteiger partial charge is 0.481 e. The van der Waals surface area contributed by atoms with Gasteiger partial charge in [0, 0.05) is 12.1 Å². The molecular weight excluding hydrogens is 320 g/mol. The van der Waals surface area contributed by atoms with Crippen LogP contribution in [0.3, 0.4) is 0 Å². The summed E-state index contributed by atoms with van der Waals surface area (Å²) in [7, 11) is 0. The van der Waals surface area contributed by atoms with Crippen LogP contribution < -0.4 is 5.32 Å². The zero-order chi connectivity index (χ0) is 17.5. The van der Waals surface area contributed by atoms with Crippen LogP contribution in [0.15, 0.2) is 48.5 Å². The molecular formula is C17H15F2NO4. The number of carboxylic acids is 1. The maximum atomic E-state index is 13.7. The number of hydrogen-bond donors (Lipinski definition) is 2. The summed E-state index contributed by atoms with van der Waals surface area (Å²) in [4.78, 5) is 22.9. The number of alkyl carbamates (subject to hydrolysis) is 1. The van der Waals surface area contributed by atoms with Crippen LogP contribution in [0.5, 0.6) is 0 Å². The first-order chi connectivity index (χ1) is 11.5. The van der Waals surface area contributed by atoms with Crippen LogP contribution in [-0.4, -0.2) is 23.7 Å². The van der Waals surface area contributed by atoms with Crippen LogP contribution in [0.4, 0.5) is 13.6 Å². The number of benzene rings is 2. The zero-order valence-electron chi connectivity index (χ0n) is 12.5. The van der Waals surface area contributed by atoms with Gasteiger partial charge in [-0.3, -0.25) is 4.79 Å². The number of rotatable bonds is 6. The van der Waals surface area contributed by atoms with Gasteiger partial charge in [0.1, 0.15) is 24.2 Å². The van der Waals surface area contributed by atoms with Gasteiger partial charge in [0.25, 0.3) is 0 Å². The minimum Gasteiger partial charge on any atom is -0.481 e. The first kappa shape index (κ1) is 17.4. The molecule has 0 fully saturated rings. The quantitative estimate of drug-likeness (QED) is 0.851. The van der Waals surface area contributed by atoms with Gasteiger partial charge in [-0.25, -0.2) is 13.6 Å². The van der Waals surface area contributed by atoms with Crippen molar-refractivity contribution in [3.63, 3.8) is 0 Å². The summed E-state index contributed by atoms with van der Waals surface area (Å²) >= 11 is 0. The van der Waals surface area contributed by atoms with E-state index in [1.807, 2.05) is 6.07 Å². The maximum absolute atomic E-state index is 13.7. The van der Waals surface area contributed by atoms with E-state index in [2.05, 4.69) is 5.32 Å². The van der Waals surface area contributed by atoms with Crippen molar-refractivity contribution in [2.24, 2.45) is 0 Å². The Labute approximate surface area is 136 Å². The molecule has 0 aliphatic rings. The monoisotopic (exact) mass is 335 g/mol. The van der Waals surface area contributed by atoms with Crippen molar-refractivity contribution < 1.29 is 28.2 Å². The van der Waals surface area contributed by atoms with E-state index in [0.717, 1.165) is 23.8 Å². The molecule has 0 spiro atoms. The summed E-state index contributed by atoms with van der Waals surface area (Å²) in [5, 5.41) is 11.4. The summed E-state index contributed by atoms with van der Waals surface area (Å²) in [5.41, 5.74) is 0.421. The van der Waals surface area contributed by atoms with Crippen LogP contribution in [0.1, 0.15) is 17.0 Å². The van der Waals surface area contributed by atoms with Crippen LogP contribution >= 0.6 is 0 Å². The molecule has 0 bridgehead atoms. The van der Waals surface area contributed by atoms with E-state index < -0.39 is 36.2 Å². The van der Waals surface area contributed by atoms with E-state index in [9.17, 15) is 23.5 Å². The molecule has 0 saturated carbocycles. The number of halogens is 2. The third-order valence-corrected chi connectivity index (χ3v) is 3.29. The highest BCUT2D eigenvalue weighted by atomic mass is 19.1. The third kappa shape index (κ3) is 4.77. The van der Waals surface area contributed by atoms with Gasteiger partial charge >= 0.3 is 12.1 Å². The fourth-order valence-corrected chi connectivity index (χ4v) is 2.07. The second-order valence-corrected chi connectivity index (χ2v) is 5.00. The number of nitrogens with one attached hydrogen (secondary N) is 1. The second kappa shape index (κ2) is 8.05. The normalized spacial score (nSPS) is 11.6. The molecule has 1 atom stereocenters. The van der Waals surface area contributed by atoms with Crippen molar-refractivity contribution in [2.75, 3.05) is 6.54 Å². The predicted molar refractivity (Wildman–Crippen MR) is 81.4 cm³/mol. The highest BCUT2D eigenvalue weighted by molar-refractivity contribution is 5.77. The van der Waals surface area contributed by atoms with Crippen molar-refractivity contribution in [3.05, 3.63) is 71.3 Å². The van der Waals surface area contributed by atoms with Crippen LogP contribution in [0, 0.1) is 11.6 Å². The molecule has 2 aromatic rings. The number of carboxylic acid groups (broad SMARTS) is 1. The lowest BCUT2D eigenvalue weighted by Crippen LogP contribution is -2.32. The van der Waals surface area contributed by atoms with Crippen LogP contribution in [0.25, 0.3) is 0 Å². The van der Waals surface area contributed by atoms with Gasteiger partial charge in [-0.2, -0.15) is 0 Å². The molecule has 2 aromatic carbocycles. The average molecular weight is 335 g/mol. The lowest BCUT2D eigenvalue weighted by molar-refractivity contribution is -0.138. The lowest BCUT2D eigenvalue weighted by atomic mass is 9.98. The van der Waals surface area contributed by atoms with Crippen molar-refractivity contribution in [3.8, 4) is 0 Å². The SMILES string of the molecule is O=C(NCC(C(=O)O)c1cc(F)ccc1F)OCc1ccccc1. The number of carbonyl (C=O) groups is 2. The van der Waals surface area contributed by atoms with Gasteiger partial charge in [0.2, 0.25) is 0 Å². The Bertz CT molecular complexity index is 722. The molecule has 2 rings (SSSR count). The predicted octanol–water partition coefficient (Wildman–Crippen LogP) is 3.06. The van der Waals surface area contributed by atoms with Gasteiger partial charge in [0.05, 0.1) is 0 Å². The summed E-state index contributed by atoms with van der Waals surface area (Å²) in [6, 6.07) is 11.4. The van der Waals surface area contributed by atoms with Gasteiger partial charge in [-0.15, -0.1) is 0 Å². The minimum atomic E-state index is -1.43. The Hall–Kier alpha value is -2.96. The summed E-state index contributed by atoms with van der Waals surface area (Å²) in [5.74, 6) is -4.43. The summed E-state index contributed by atoms with van der Waals surface area (Å²) in [6.07, 6.45) is -0.845. The Balaban J connectivity index is 1.95. The molecule has 1 unspecified atom stereocenters. The fraction of sp³-hybridized carbons (Fsp3) is 0.176. The fourth-order valence-electron chi connectivity index (χ4n) is 2.07. The van der Waals surface area contributed by atoms with Crippen molar-refractivity contribution in [1.82, 2.24) is 5.32 Å². The van der Waals surface area contributed by atoms with Crippen molar-refractivity contribution in [1.29, 1.82) is 0 Å². The molecule has 0 radical (unpaired) electrons. The van der Waals surface area contributed by atoms with E-state index in [1.54, 1.807) is 24.3 Å². The van der Waals surface area contributed by atoms with E-state index in [-0.39, 0.29) is 12.2 Å². The Kier molecular flexibility index (Phi) is 5.83. The smallest absolute Gasteiger partial charge is 0.407 e. The molecule has 24 heavy (non-hydrogen) atoms. The summed E-state index contributed by atoms with van der Waals surface area (Å²) in [6.45, 7) is -0.415. The highest BCUT2D eigenvalue weighted by Crippen LogP contribution is 2.20. The van der Waals surface area contributed by atoms with E-state index in [4.69, 9.17) is 4.74 Å². The second-order valence-electron chi connectivity index (χ2n) is 5.00. The van der Waals surface area contributed by atoms with Gasteiger partial charge in [0.15, 0.2) is 0 Å². The van der Waals surface area contributed by atoms with Gasteiger partial charge in [-0.1, -0.05) is 30.3 Å². The Morgan fingerprint density at radius 2 is 1.83 bits per heavy atom. The molecule has 0 aliphatic carbocycles. The maximum Gasteiger partial charge on any atom is 0.407 e. The minimum absolute atomic E-state index is 0.0126. The van der Waals surface area contributed by atoms with E-state index in [0.29, 0.717) is 0 Å².